The number of ketones is 1. The lowest BCUT2D eigenvalue weighted by Gasteiger charge is -2.19. The number of hydrogen-bond donors (Lipinski definition) is 2. The third kappa shape index (κ3) is 6.91. The van der Waals surface area contributed by atoms with E-state index < -0.39 is 18.0 Å². The molecule has 2 rings (SSSR count). The van der Waals surface area contributed by atoms with E-state index in [1.165, 1.54) is 0 Å². The molecule has 2 aromatic carbocycles. The number of primary amides is 1. The van der Waals surface area contributed by atoms with E-state index in [2.05, 4.69) is 26.1 Å². The Labute approximate surface area is 175 Å². The first-order chi connectivity index (χ1) is 13.6. The van der Waals surface area contributed by atoms with Gasteiger partial charge in [0.15, 0.2) is 12.4 Å². The van der Waals surface area contributed by atoms with Gasteiger partial charge in [0, 0.05) is 10.6 Å². The van der Waals surface area contributed by atoms with Crippen LogP contribution in [0.5, 0.6) is 0 Å². The molecule has 0 spiro atoms. The van der Waals surface area contributed by atoms with E-state index in [0.717, 1.165) is 5.56 Å². The van der Waals surface area contributed by atoms with Crippen LogP contribution in [0.4, 0.5) is 4.79 Å². The van der Waals surface area contributed by atoms with Crippen LogP contribution in [0.15, 0.2) is 48.5 Å². The minimum atomic E-state index is -0.771. The predicted octanol–water partition coefficient (Wildman–Crippen LogP) is 4.16. The number of esters is 1. The first-order valence-corrected chi connectivity index (χ1v) is 9.55. The summed E-state index contributed by atoms with van der Waals surface area (Å²) in [4.78, 5) is 35.8. The number of ether oxygens (including phenoxy) is 1. The molecule has 0 heterocycles. The highest BCUT2D eigenvalue weighted by molar-refractivity contribution is 6.30. The molecule has 2 aromatic rings. The summed E-state index contributed by atoms with van der Waals surface area (Å²) in [6.45, 7) is 5.88. The van der Waals surface area contributed by atoms with E-state index in [9.17, 15) is 14.4 Å². The Balaban J connectivity index is 1.96. The largest absolute Gasteiger partial charge is 0.457 e. The number of rotatable bonds is 7. The van der Waals surface area contributed by atoms with Gasteiger partial charge in [0.2, 0.25) is 0 Å². The van der Waals surface area contributed by atoms with Gasteiger partial charge >= 0.3 is 12.0 Å². The number of halogens is 1. The third-order valence-corrected chi connectivity index (χ3v) is 4.65. The SMILES string of the molecule is CC(C)(C)c1ccc(C(=O)COC(=O)C[C@@H](NC(N)=O)c2ccc(Cl)cc2)cc1. The Bertz CT molecular complexity index is 871. The lowest BCUT2D eigenvalue weighted by Crippen LogP contribution is -2.34. The first kappa shape index (κ1) is 22.4. The molecule has 0 fully saturated rings. The Hall–Kier alpha value is -2.86. The molecule has 1 atom stereocenters. The smallest absolute Gasteiger partial charge is 0.312 e. The van der Waals surface area contributed by atoms with Gasteiger partial charge in [-0.1, -0.05) is 68.8 Å². The average Bonchev–Trinajstić information content (AvgIpc) is 2.65. The average molecular weight is 417 g/mol. The maximum absolute atomic E-state index is 12.3. The first-order valence-electron chi connectivity index (χ1n) is 9.17. The molecule has 0 aliphatic heterocycles. The molecule has 7 heteroatoms. The molecular formula is C22H25ClN2O4. The van der Waals surface area contributed by atoms with Crippen molar-refractivity contribution in [2.45, 2.75) is 38.6 Å². The quantitative estimate of drug-likeness (QED) is 0.522. The van der Waals surface area contributed by atoms with Gasteiger partial charge in [0.05, 0.1) is 12.5 Å². The van der Waals surface area contributed by atoms with E-state index >= 15 is 0 Å². The van der Waals surface area contributed by atoms with Gasteiger partial charge in [0.1, 0.15) is 0 Å². The minimum absolute atomic E-state index is 0.0157. The van der Waals surface area contributed by atoms with Crippen molar-refractivity contribution >= 4 is 29.4 Å². The summed E-state index contributed by atoms with van der Waals surface area (Å²) in [6.07, 6.45) is -0.166. The molecule has 0 aromatic heterocycles. The topological polar surface area (TPSA) is 98.5 Å². The lowest BCUT2D eigenvalue weighted by atomic mass is 9.86. The molecular weight excluding hydrogens is 392 g/mol. The van der Waals surface area contributed by atoms with Gasteiger partial charge in [0.25, 0.3) is 0 Å². The van der Waals surface area contributed by atoms with Crippen molar-refractivity contribution in [1.29, 1.82) is 0 Å². The standard InChI is InChI=1S/C22H25ClN2O4/c1-22(2,3)16-8-4-15(5-9-16)19(26)13-29-20(27)12-18(25-21(24)28)14-6-10-17(23)11-7-14/h4-11,18H,12-13H2,1-3H3,(H3,24,25,28)/t18-/m1/s1. The third-order valence-electron chi connectivity index (χ3n) is 4.40. The molecule has 6 nitrogen and oxygen atoms in total. The van der Waals surface area contributed by atoms with Crippen molar-refractivity contribution in [2.75, 3.05) is 6.61 Å². The summed E-state index contributed by atoms with van der Waals surface area (Å²) >= 11 is 5.86. The van der Waals surface area contributed by atoms with E-state index in [0.29, 0.717) is 16.1 Å². The van der Waals surface area contributed by atoms with Crippen LogP contribution in [0.3, 0.4) is 0 Å². The van der Waals surface area contributed by atoms with Gasteiger partial charge in [-0.15, -0.1) is 0 Å². The number of amides is 2. The normalized spacial score (nSPS) is 12.1. The van der Waals surface area contributed by atoms with Gasteiger partial charge in [-0.25, -0.2) is 4.79 Å². The Kier molecular flexibility index (Phi) is 7.40. The summed E-state index contributed by atoms with van der Waals surface area (Å²) in [5.74, 6) is -0.928. The number of carbonyl (C=O) groups is 3. The lowest BCUT2D eigenvalue weighted by molar-refractivity contribution is -0.143. The van der Waals surface area contributed by atoms with Crippen LogP contribution < -0.4 is 11.1 Å². The Morgan fingerprint density at radius 2 is 1.62 bits per heavy atom. The van der Waals surface area contributed by atoms with Crippen LogP contribution in [0.2, 0.25) is 5.02 Å². The predicted molar refractivity (Wildman–Crippen MR) is 112 cm³/mol. The number of benzene rings is 2. The molecule has 0 saturated carbocycles. The second kappa shape index (κ2) is 9.56. The number of urea groups is 1. The Morgan fingerprint density at radius 1 is 1.03 bits per heavy atom. The van der Waals surface area contributed by atoms with Gasteiger partial charge in [-0.3, -0.25) is 9.59 Å². The number of nitrogens with two attached hydrogens (primary N) is 1. The maximum atomic E-state index is 12.3. The van der Waals surface area contributed by atoms with E-state index in [-0.39, 0.29) is 24.2 Å². The van der Waals surface area contributed by atoms with Crippen LogP contribution in [0.25, 0.3) is 0 Å². The van der Waals surface area contributed by atoms with Crippen molar-refractivity contribution in [3.8, 4) is 0 Å². The number of nitrogens with one attached hydrogen (secondary N) is 1. The molecule has 0 saturated heterocycles. The second-order valence-corrected chi connectivity index (χ2v) is 8.16. The van der Waals surface area contributed by atoms with Crippen LogP contribution in [-0.4, -0.2) is 24.4 Å². The summed E-state index contributed by atoms with van der Waals surface area (Å²) in [6, 6.07) is 12.4. The van der Waals surface area contributed by atoms with Crippen molar-refractivity contribution in [3.05, 3.63) is 70.2 Å². The van der Waals surface area contributed by atoms with Crippen LogP contribution in [0, 0.1) is 0 Å². The fourth-order valence-corrected chi connectivity index (χ4v) is 2.86. The summed E-state index contributed by atoms with van der Waals surface area (Å²) in [7, 11) is 0. The Morgan fingerprint density at radius 3 is 2.14 bits per heavy atom. The molecule has 3 N–H and O–H groups in total. The van der Waals surface area contributed by atoms with E-state index in [4.69, 9.17) is 22.1 Å². The molecule has 154 valence electrons. The number of hydrogen-bond acceptors (Lipinski definition) is 4. The van der Waals surface area contributed by atoms with Gasteiger partial charge < -0.3 is 15.8 Å². The number of carbonyl (C=O) groups excluding carboxylic acids is 3. The van der Waals surface area contributed by atoms with Crippen molar-refractivity contribution in [3.63, 3.8) is 0 Å². The molecule has 2 amide bonds. The summed E-state index contributed by atoms with van der Waals surface area (Å²) in [5.41, 5.74) is 7.40. The monoisotopic (exact) mass is 416 g/mol. The highest BCUT2D eigenvalue weighted by Crippen LogP contribution is 2.23. The molecule has 0 aliphatic carbocycles. The number of Topliss-reactive ketones (excluding diaryl/α,β-unsaturated/α-hetero) is 1. The maximum Gasteiger partial charge on any atom is 0.312 e. The second-order valence-electron chi connectivity index (χ2n) is 7.73. The van der Waals surface area contributed by atoms with Crippen LogP contribution in [-0.2, 0) is 14.9 Å². The molecule has 0 radical (unpaired) electrons. The minimum Gasteiger partial charge on any atom is -0.457 e. The zero-order valence-corrected chi connectivity index (χ0v) is 17.5. The highest BCUT2D eigenvalue weighted by Gasteiger charge is 2.20. The fraction of sp³-hybridized carbons (Fsp3) is 0.318. The van der Waals surface area contributed by atoms with Crippen molar-refractivity contribution < 1.29 is 19.1 Å². The van der Waals surface area contributed by atoms with E-state index in [1.54, 1.807) is 36.4 Å². The zero-order chi connectivity index (χ0) is 21.6. The van der Waals surface area contributed by atoms with Crippen molar-refractivity contribution in [2.24, 2.45) is 5.73 Å². The zero-order valence-electron chi connectivity index (χ0n) is 16.7. The summed E-state index contributed by atoms with van der Waals surface area (Å²) < 4.78 is 5.11. The molecule has 29 heavy (non-hydrogen) atoms. The summed E-state index contributed by atoms with van der Waals surface area (Å²) in [5, 5.41) is 3.02. The fourth-order valence-electron chi connectivity index (χ4n) is 2.73. The van der Waals surface area contributed by atoms with Crippen molar-refractivity contribution in [1.82, 2.24) is 5.32 Å². The van der Waals surface area contributed by atoms with E-state index in [1.807, 2.05) is 12.1 Å². The van der Waals surface area contributed by atoms with Gasteiger partial charge in [-0.05, 0) is 28.7 Å². The van der Waals surface area contributed by atoms with Crippen LogP contribution >= 0.6 is 11.6 Å². The van der Waals surface area contributed by atoms with Crippen LogP contribution in [0.1, 0.15) is 54.7 Å². The molecule has 0 aliphatic rings. The molecule has 0 bridgehead atoms. The molecule has 0 unspecified atom stereocenters. The highest BCUT2D eigenvalue weighted by atomic mass is 35.5. The van der Waals surface area contributed by atoms with Gasteiger partial charge in [-0.2, -0.15) is 0 Å².